The van der Waals surface area contributed by atoms with Crippen molar-refractivity contribution in [2.75, 3.05) is 26.8 Å². The van der Waals surface area contributed by atoms with Crippen molar-refractivity contribution in [2.24, 2.45) is 0 Å². The molecule has 0 fully saturated rings. The van der Waals surface area contributed by atoms with Gasteiger partial charge in [0, 0.05) is 19.2 Å². The van der Waals surface area contributed by atoms with E-state index in [2.05, 4.69) is 0 Å². The maximum atomic E-state index is 12.7. The lowest BCUT2D eigenvalue weighted by atomic mass is 9.83. The molecule has 0 unspecified atom stereocenters. The quantitative estimate of drug-likeness (QED) is 0.872. The predicted molar refractivity (Wildman–Crippen MR) is 80.6 cm³/mol. The van der Waals surface area contributed by atoms with Crippen molar-refractivity contribution in [3.63, 3.8) is 0 Å². The molecule has 0 heterocycles. The number of hydrogen-bond acceptors (Lipinski definition) is 3. The van der Waals surface area contributed by atoms with Gasteiger partial charge in [-0.25, -0.2) is 0 Å². The van der Waals surface area contributed by atoms with E-state index < -0.39 is 5.97 Å². The molecule has 5 nitrogen and oxygen atoms in total. The van der Waals surface area contributed by atoms with Crippen molar-refractivity contribution in [2.45, 2.75) is 26.2 Å². The van der Waals surface area contributed by atoms with Gasteiger partial charge in [0.05, 0.1) is 6.61 Å². The van der Waals surface area contributed by atoms with Crippen LogP contribution in [0.1, 0.15) is 36.7 Å². The molecule has 1 N–H and O–H groups in total. The second-order valence-electron chi connectivity index (χ2n) is 5.91. The zero-order valence-electron chi connectivity index (χ0n) is 13.0. The summed E-state index contributed by atoms with van der Waals surface area (Å²) in [5, 5.41) is 8.97. The first kappa shape index (κ1) is 17.2. The minimum atomic E-state index is -1.03. The summed E-state index contributed by atoms with van der Waals surface area (Å²) in [6.45, 7) is 6.29. The highest BCUT2D eigenvalue weighted by Gasteiger charge is 2.25. The molecule has 0 aromatic heterocycles. The Hall–Kier alpha value is -1.88. The van der Waals surface area contributed by atoms with Gasteiger partial charge in [0.25, 0.3) is 5.91 Å². The van der Waals surface area contributed by atoms with Crippen LogP contribution in [0.4, 0.5) is 0 Å². The van der Waals surface area contributed by atoms with Gasteiger partial charge in [0.15, 0.2) is 0 Å². The van der Waals surface area contributed by atoms with Gasteiger partial charge in [0.2, 0.25) is 0 Å². The number of benzene rings is 1. The lowest BCUT2D eigenvalue weighted by molar-refractivity contribution is -0.137. The van der Waals surface area contributed by atoms with E-state index >= 15 is 0 Å². The van der Waals surface area contributed by atoms with Crippen LogP contribution in [0.2, 0.25) is 0 Å². The van der Waals surface area contributed by atoms with Crippen molar-refractivity contribution >= 4 is 11.9 Å². The molecule has 0 saturated heterocycles. The fourth-order valence-electron chi connectivity index (χ4n) is 2.11. The van der Waals surface area contributed by atoms with Crippen LogP contribution in [-0.2, 0) is 14.9 Å². The average Bonchev–Trinajstić information content (AvgIpc) is 2.41. The molecular weight excluding hydrogens is 270 g/mol. The molecule has 0 aliphatic carbocycles. The third kappa shape index (κ3) is 4.86. The number of carboxylic acid groups (broad SMARTS) is 1. The first-order valence-electron chi connectivity index (χ1n) is 6.87. The molecule has 0 spiro atoms. The first-order chi connectivity index (χ1) is 9.77. The first-order valence-corrected chi connectivity index (χ1v) is 6.87. The Balaban J connectivity index is 3.11. The molecule has 116 valence electrons. The van der Waals surface area contributed by atoms with Crippen LogP contribution in [0.5, 0.6) is 0 Å². The highest BCUT2D eigenvalue weighted by Crippen LogP contribution is 2.26. The number of carbonyl (C=O) groups is 2. The van der Waals surface area contributed by atoms with Gasteiger partial charge < -0.3 is 14.7 Å². The van der Waals surface area contributed by atoms with E-state index in [-0.39, 0.29) is 24.4 Å². The van der Waals surface area contributed by atoms with Crippen LogP contribution >= 0.6 is 0 Å². The monoisotopic (exact) mass is 293 g/mol. The van der Waals surface area contributed by atoms with Crippen LogP contribution in [0.15, 0.2) is 24.3 Å². The summed E-state index contributed by atoms with van der Waals surface area (Å²) in [5.41, 5.74) is 1.26. The predicted octanol–water partition coefficient (Wildman–Crippen LogP) is 2.16. The molecule has 1 rings (SSSR count). The fraction of sp³-hybridized carbons (Fsp3) is 0.500. The van der Waals surface area contributed by atoms with E-state index in [4.69, 9.17) is 9.84 Å². The Labute approximate surface area is 125 Å². The number of carbonyl (C=O) groups excluding carboxylic acids is 1. The van der Waals surface area contributed by atoms with Crippen LogP contribution in [0.3, 0.4) is 0 Å². The van der Waals surface area contributed by atoms with E-state index in [1.165, 1.54) is 12.0 Å². The number of nitrogens with zero attached hydrogens (tertiary/aromatic N) is 1. The molecule has 0 aliphatic rings. The molecule has 0 atom stereocenters. The Bertz CT molecular complexity index is 505. The van der Waals surface area contributed by atoms with Gasteiger partial charge in [-0.05, 0) is 17.0 Å². The van der Waals surface area contributed by atoms with E-state index in [0.29, 0.717) is 12.2 Å². The van der Waals surface area contributed by atoms with E-state index in [9.17, 15) is 9.59 Å². The van der Waals surface area contributed by atoms with Gasteiger partial charge in [-0.1, -0.05) is 39.0 Å². The van der Waals surface area contributed by atoms with Crippen molar-refractivity contribution in [1.29, 1.82) is 0 Å². The second-order valence-corrected chi connectivity index (χ2v) is 5.91. The molecule has 21 heavy (non-hydrogen) atoms. The van der Waals surface area contributed by atoms with Crippen molar-refractivity contribution in [3.8, 4) is 0 Å². The van der Waals surface area contributed by atoms with Crippen LogP contribution < -0.4 is 0 Å². The smallest absolute Gasteiger partial charge is 0.323 e. The van der Waals surface area contributed by atoms with Crippen molar-refractivity contribution < 1.29 is 19.4 Å². The Kier molecular flexibility index (Phi) is 5.90. The summed E-state index contributed by atoms with van der Waals surface area (Å²) in [4.78, 5) is 24.9. The molecule has 0 saturated carbocycles. The molecule has 1 aromatic rings. The van der Waals surface area contributed by atoms with Gasteiger partial charge in [0.1, 0.15) is 6.54 Å². The van der Waals surface area contributed by atoms with E-state index in [0.717, 1.165) is 5.56 Å². The van der Waals surface area contributed by atoms with Gasteiger partial charge in [-0.3, -0.25) is 9.59 Å². The van der Waals surface area contributed by atoms with Gasteiger partial charge >= 0.3 is 5.97 Å². The third-order valence-electron chi connectivity index (χ3n) is 3.14. The second kappa shape index (κ2) is 7.22. The Morgan fingerprint density at radius 1 is 1.24 bits per heavy atom. The van der Waals surface area contributed by atoms with Crippen molar-refractivity contribution in [1.82, 2.24) is 4.90 Å². The zero-order chi connectivity index (χ0) is 16.0. The maximum absolute atomic E-state index is 12.7. The maximum Gasteiger partial charge on any atom is 0.323 e. The summed E-state index contributed by atoms with van der Waals surface area (Å²) in [6.07, 6.45) is 0. The van der Waals surface area contributed by atoms with Crippen LogP contribution in [-0.4, -0.2) is 48.7 Å². The molecule has 1 aromatic carbocycles. The highest BCUT2D eigenvalue weighted by atomic mass is 16.5. The summed E-state index contributed by atoms with van der Waals surface area (Å²) in [5.74, 6) is -1.31. The van der Waals surface area contributed by atoms with E-state index in [1.54, 1.807) is 12.1 Å². The SMILES string of the molecule is COCCN(CC(=O)O)C(=O)c1ccccc1C(C)(C)C. The normalized spacial score (nSPS) is 11.2. The molecule has 1 amide bonds. The molecule has 5 heteroatoms. The van der Waals surface area contributed by atoms with Crippen LogP contribution in [0.25, 0.3) is 0 Å². The highest BCUT2D eigenvalue weighted by molar-refractivity contribution is 5.97. The number of methoxy groups -OCH3 is 1. The number of carboxylic acids is 1. The minimum absolute atomic E-state index is 0.192. The number of ether oxygens (including phenoxy) is 1. The molecular formula is C16H23NO4. The molecule has 0 radical (unpaired) electrons. The summed E-state index contributed by atoms with van der Waals surface area (Å²) in [7, 11) is 1.52. The lowest BCUT2D eigenvalue weighted by Crippen LogP contribution is -2.39. The largest absolute Gasteiger partial charge is 0.480 e. The lowest BCUT2D eigenvalue weighted by Gasteiger charge is -2.26. The number of rotatable bonds is 6. The van der Waals surface area contributed by atoms with Gasteiger partial charge in [-0.2, -0.15) is 0 Å². The van der Waals surface area contributed by atoms with Crippen molar-refractivity contribution in [3.05, 3.63) is 35.4 Å². The topological polar surface area (TPSA) is 66.8 Å². The number of aliphatic carboxylic acids is 1. The standard InChI is InChI=1S/C16H23NO4/c1-16(2,3)13-8-6-5-7-12(13)15(20)17(9-10-21-4)11-14(18)19/h5-8H,9-11H2,1-4H3,(H,18,19). The number of amides is 1. The molecule has 0 aliphatic heterocycles. The summed E-state index contributed by atoms with van der Waals surface area (Å²) in [6, 6.07) is 7.32. The Morgan fingerprint density at radius 3 is 2.38 bits per heavy atom. The summed E-state index contributed by atoms with van der Waals surface area (Å²) < 4.78 is 4.95. The molecule has 0 bridgehead atoms. The zero-order valence-corrected chi connectivity index (χ0v) is 13.0. The average molecular weight is 293 g/mol. The fourth-order valence-corrected chi connectivity index (χ4v) is 2.11. The van der Waals surface area contributed by atoms with Gasteiger partial charge in [-0.15, -0.1) is 0 Å². The Morgan fingerprint density at radius 2 is 1.86 bits per heavy atom. The van der Waals surface area contributed by atoms with E-state index in [1.807, 2.05) is 32.9 Å². The minimum Gasteiger partial charge on any atom is -0.480 e. The third-order valence-corrected chi connectivity index (χ3v) is 3.14. The number of hydrogen-bond donors (Lipinski definition) is 1. The summed E-state index contributed by atoms with van der Waals surface area (Å²) >= 11 is 0. The van der Waals surface area contributed by atoms with Crippen LogP contribution in [0, 0.1) is 0 Å².